The van der Waals surface area contributed by atoms with E-state index in [1.54, 1.807) is 38.1 Å². The highest BCUT2D eigenvalue weighted by molar-refractivity contribution is 6.18. The van der Waals surface area contributed by atoms with Crippen molar-refractivity contribution in [1.82, 2.24) is 0 Å². The molecule has 0 saturated heterocycles. The van der Waals surface area contributed by atoms with Crippen LogP contribution >= 0.6 is 11.6 Å². The van der Waals surface area contributed by atoms with E-state index in [2.05, 4.69) is 5.32 Å². The first-order valence-corrected chi connectivity index (χ1v) is 25.5. The zero-order chi connectivity index (χ0) is 54.4. The van der Waals surface area contributed by atoms with Gasteiger partial charge in [0.15, 0.2) is 0 Å². The molecule has 0 spiro atoms. The van der Waals surface area contributed by atoms with Gasteiger partial charge in [0.2, 0.25) is 5.91 Å². The molecule has 16 heteroatoms. The molecular formula is C60H57ClF6N2O7. The third-order valence-electron chi connectivity index (χ3n) is 12.6. The standard InChI is InChI=1S/C32H31ClF3NO4.C28H26F3NO3/c1-2-40-31(39)23-16-22(17-25(18-23)37-30(38)12-7-15-33)26-10-6-11-27(26)28-19-24(32(34,35)36)13-14-29(28)41-20-21-8-4-3-5-9-21;1-2-34-27(33)20-13-19(14-22(32)15-20)23-9-6-10-24(23)25-16-21(28(29,30)31)11-12-26(25)35-17-18-7-4-3-5-8-18/h3-5,8-9,13-14,16-19H,2,6-7,10-12,15,20H2,1H3,(H,37,38);3-5,7-8,11-16H,2,6,9-10,17,32H2,1H3. The average molecular weight is 1070 g/mol. The zero-order valence-corrected chi connectivity index (χ0v) is 42.7. The molecule has 3 N–H and O–H groups in total. The Morgan fingerprint density at radius 3 is 1.46 bits per heavy atom. The summed E-state index contributed by atoms with van der Waals surface area (Å²) >= 11 is 5.72. The van der Waals surface area contributed by atoms with E-state index < -0.39 is 35.4 Å². The molecule has 2 aliphatic rings. The van der Waals surface area contributed by atoms with Crippen LogP contribution in [0.15, 0.2) is 133 Å². The van der Waals surface area contributed by atoms with Crippen LogP contribution in [0, 0.1) is 0 Å². The molecular weight excluding hydrogens is 1010 g/mol. The van der Waals surface area contributed by atoms with E-state index >= 15 is 0 Å². The molecule has 76 heavy (non-hydrogen) atoms. The number of anilines is 2. The molecule has 0 aliphatic heterocycles. The highest BCUT2D eigenvalue weighted by atomic mass is 35.5. The van der Waals surface area contributed by atoms with E-state index in [0.717, 1.165) is 58.5 Å². The molecule has 0 fully saturated rings. The maximum absolute atomic E-state index is 13.8. The van der Waals surface area contributed by atoms with Crippen LogP contribution in [0.25, 0.3) is 22.3 Å². The number of halogens is 7. The summed E-state index contributed by atoms with van der Waals surface area (Å²) in [6.07, 6.45) is -4.50. The molecule has 0 heterocycles. The average Bonchev–Trinajstić information content (AvgIpc) is 4.11. The van der Waals surface area contributed by atoms with Crippen molar-refractivity contribution in [3.05, 3.63) is 189 Å². The Labute approximate surface area is 442 Å². The number of carbonyl (C=O) groups is 3. The van der Waals surface area contributed by atoms with Crippen LogP contribution in [0.3, 0.4) is 0 Å². The van der Waals surface area contributed by atoms with Crippen LogP contribution in [-0.2, 0) is 39.8 Å². The van der Waals surface area contributed by atoms with Crippen molar-refractivity contribution in [3.63, 3.8) is 0 Å². The molecule has 6 aromatic carbocycles. The summed E-state index contributed by atoms with van der Waals surface area (Å²) < 4.78 is 104. The van der Waals surface area contributed by atoms with Crippen LogP contribution in [0.1, 0.15) is 130 Å². The van der Waals surface area contributed by atoms with Crippen molar-refractivity contribution < 1.29 is 59.7 Å². The van der Waals surface area contributed by atoms with Crippen LogP contribution in [0.2, 0.25) is 0 Å². The van der Waals surface area contributed by atoms with Crippen molar-refractivity contribution in [1.29, 1.82) is 0 Å². The Kier molecular flexibility index (Phi) is 19.1. The summed E-state index contributed by atoms with van der Waals surface area (Å²) in [5.41, 5.74) is 12.9. The highest BCUT2D eigenvalue weighted by Gasteiger charge is 2.34. The van der Waals surface area contributed by atoms with Crippen molar-refractivity contribution in [2.24, 2.45) is 0 Å². The predicted molar refractivity (Wildman–Crippen MR) is 284 cm³/mol. The van der Waals surface area contributed by atoms with E-state index in [0.29, 0.717) is 101 Å². The molecule has 398 valence electrons. The van der Waals surface area contributed by atoms with Crippen LogP contribution in [-0.4, -0.2) is 36.9 Å². The molecule has 6 aromatic rings. The van der Waals surface area contributed by atoms with Crippen molar-refractivity contribution in [3.8, 4) is 11.5 Å². The number of nitrogens with one attached hydrogen (secondary N) is 1. The lowest BCUT2D eigenvalue weighted by Crippen LogP contribution is -2.13. The fourth-order valence-corrected chi connectivity index (χ4v) is 9.27. The van der Waals surface area contributed by atoms with E-state index in [9.17, 15) is 40.7 Å². The topological polar surface area (TPSA) is 126 Å². The van der Waals surface area contributed by atoms with Gasteiger partial charge in [-0.05, 0) is 176 Å². The minimum absolute atomic E-state index is 0.167. The third kappa shape index (κ3) is 14.9. The van der Waals surface area contributed by atoms with Gasteiger partial charge in [0, 0.05) is 34.8 Å². The number of benzene rings is 6. The number of amides is 1. The molecule has 0 bridgehead atoms. The molecule has 0 saturated carbocycles. The molecule has 9 nitrogen and oxygen atoms in total. The maximum Gasteiger partial charge on any atom is 0.416 e. The second-order valence-corrected chi connectivity index (χ2v) is 18.4. The lowest BCUT2D eigenvalue weighted by Gasteiger charge is -2.18. The predicted octanol–water partition coefficient (Wildman–Crippen LogP) is 15.7. The Bertz CT molecular complexity index is 3080. The molecule has 0 aromatic heterocycles. The Balaban J connectivity index is 0.000000224. The number of rotatable bonds is 18. The molecule has 0 radical (unpaired) electrons. The van der Waals surface area contributed by atoms with E-state index in [-0.39, 0.29) is 44.3 Å². The summed E-state index contributed by atoms with van der Waals surface area (Å²) in [7, 11) is 0. The van der Waals surface area contributed by atoms with Crippen LogP contribution in [0.4, 0.5) is 37.7 Å². The molecule has 1 amide bonds. The summed E-state index contributed by atoms with van der Waals surface area (Å²) in [4.78, 5) is 37.4. The normalized spacial score (nSPS) is 13.5. The van der Waals surface area contributed by atoms with Gasteiger partial charge in [-0.15, -0.1) is 11.6 Å². The number of nitrogens with two attached hydrogens (primary N) is 1. The molecule has 8 rings (SSSR count). The lowest BCUT2D eigenvalue weighted by molar-refractivity contribution is -0.138. The minimum Gasteiger partial charge on any atom is -0.488 e. The fourth-order valence-electron chi connectivity index (χ4n) is 9.14. The number of esters is 2. The van der Waals surface area contributed by atoms with Gasteiger partial charge in [-0.1, -0.05) is 60.7 Å². The van der Waals surface area contributed by atoms with Crippen LogP contribution in [0.5, 0.6) is 11.5 Å². The van der Waals surface area contributed by atoms with Crippen molar-refractivity contribution in [2.75, 3.05) is 30.1 Å². The van der Waals surface area contributed by atoms with E-state index in [4.69, 9.17) is 36.3 Å². The lowest BCUT2D eigenvalue weighted by atomic mass is 9.93. The van der Waals surface area contributed by atoms with Gasteiger partial charge in [-0.25, -0.2) is 9.59 Å². The number of hydrogen-bond donors (Lipinski definition) is 2. The van der Waals surface area contributed by atoms with Gasteiger partial charge in [0.05, 0.1) is 35.5 Å². The summed E-state index contributed by atoms with van der Waals surface area (Å²) in [5, 5.41) is 2.81. The SMILES string of the molecule is CCOC(=O)c1cc(N)cc(C2=C(c3cc(C(F)(F)F)ccc3OCc3ccccc3)CCC2)c1.CCOC(=O)c1cc(NC(=O)CCCCl)cc(C2=C(c3cc(C(F)(F)F)ccc3OCc3ccccc3)CCC2)c1. The minimum atomic E-state index is -4.53. The number of alkyl halides is 7. The van der Waals surface area contributed by atoms with Gasteiger partial charge in [0.25, 0.3) is 0 Å². The molecule has 0 atom stereocenters. The van der Waals surface area contributed by atoms with Crippen LogP contribution < -0.4 is 20.5 Å². The second kappa shape index (κ2) is 25.8. The Hall–Kier alpha value is -7.52. The zero-order valence-electron chi connectivity index (χ0n) is 42.0. The highest BCUT2D eigenvalue weighted by Crippen LogP contribution is 2.47. The molecule has 2 aliphatic carbocycles. The number of hydrogen-bond acceptors (Lipinski definition) is 8. The smallest absolute Gasteiger partial charge is 0.416 e. The van der Waals surface area contributed by atoms with Gasteiger partial charge in [-0.3, -0.25) is 4.79 Å². The number of carbonyl (C=O) groups excluding carboxylic acids is 3. The van der Waals surface area contributed by atoms with Gasteiger partial charge in [-0.2, -0.15) is 26.3 Å². The van der Waals surface area contributed by atoms with Gasteiger partial charge in [0.1, 0.15) is 24.7 Å². The first-order chi connectivity index (χ1) is 36.4. The molecule has 0 unspecified atom stereocenters. The van der Waals surface area contributed by atoms with Crippen molar-refractivity contribution >= 4 is 63.1 Å². The first-order valence-electron chi connectivity index (χ1n) is 24.9. The fraction of sp³-hybridized carbons (Fsp3) is 0.283. The van der Waals surface area contributed by atoms with Gasteiger partial charge >= 0.3 is 24.3 Å². The first kappa shape index (κ1) is 56.2. The quantitative estimate of drug-likeness (QED) is 0.0377. The van der Waals surface area contributed by atoms with Gasteiger partial charge < -0.3 is 30.0 Å². The largest absolute Gasteiger partial charge is 0.488 e. The monoisotopic (exact) mass is 1070 g/mol. The Morgan fingerprint density at radius 1 is 0.566 bits per heavy atom. The van der Waals surface area contributed by atoms with E-state index in [1.165, 1.54) is 24.3 Å². The number of allylic oxidation sites excluding steroid dienone is 4. The van der Waals surface area contributed by atoms with E-state index in [1.807, 2.05) is 60.7 Å². The maximum atomic E-state index is 13.8. The Morgan fingerprint density at radius 2 is 1.01 bits per heavy atom. The summed E-state index contributed by atoms with van der Waals surface area (Å²) in [5.74, 6) is -0.251. The van der Waals surface area contributed by atoms with Crippen molar-refractivity contribution in [2.45, 2.75) is 90.8 Å². The summed E-state index contributed by atoms with van der Waals surface area (Å²) in [6.45, 7) is 4.22. The number of nitrogen functional groups attached to an aromatic ring is 1. The summed E-state index contributed by atoms with van der Waals surface area (Å²) in [6, 6.07) is 35.8. The third-order valence-corrected chi connectivity index (χ3v) is 12.9. The number of ether oxygens (including phenoxy) is 4. The second-order valence-electron chi connectivity index (χ2n) is 18.0.